The second kappa shape index (κ2) is 8.26. The minimum absolute atomic E-state index is 0.0405. The van der Waals surface area contributed by atoms with Gasteiger partial charge >= 0.3 is 6.03 Å². The van der Waals surface area contributed by atoms with Crippen molar-refractivity contribution in [3.8, 4) is 0 Å². The third kappa shape index (κ3) is 4.67. The van der Waals surface area contributed by atoms with Crippen molar-refractivity contribution < 1.29 is 4.79 Å². The van der Waals surface area contributed by atoms with Crippen molar-refractivity contribution >= 4 is 17.4 Å². The first kappa shape index (κ1) is 16.2. The summed E-state index contributed by atoms with van der Waals surface area (Å²) >= 11 is 1.65. The van der Waals surface area contributed by atoms with E-state index in [9.17, 15) is 4.79 Å². The Balaban J connectivity index is 1.62. The fourth-order valence-electron chi connectivity index (χ4n) is 2.46. The highest BCUT2D eigenvalue weighted by atomic mass is 32.1. The normalized spacial score (nSPS) is 11.7. The molecule has 0 aliphatic rings. The van der Waals surface area contributed by atoms with E-state index in [1.807, 2.05) is 41.8 Å². The highest BCUT2D eigenvalue weighted by Gasteiger charge is 2.16. The molecule has 122 valence electrons. The van der Waals surface area contributed by atoms with Gasteiger partial charge in [-0.25, -0.2) is 4.79 Å². The number of carbonyl (C=O) groups is 1. The molecule has 3 rings (SSSR count). The summed E-state index contributed by atoms with van der Waals surface area (Å²) in [5.41, 5.74) is 2.17. The number of amides is 2. The molecule has 0 saturated heterocycles. The predicted molar refractivity (Wildman–Crippen MR) is 96.8 cm³/mol. The van der Waals surface area contributed by atoms with Crippen LogP contribution in [-0.2, 0) is 13.0 Å². The third-order valence-corrected chi connectivity index (χ3v) is 4.64. The van der Waals surface area contributed by atoms with E-state index < -0.39 is 0 Å². The number of aromatic nitrogens is 1. The Hall–Kier alpha value is -2.66. The minimum atomic E-state index is -0.173. The second-order valence-electron chi connectivity index (χ2n) is 5.45. The van der Waals surface area contributed by atoms with Gasteiger partial charge < -0.3 is 10.6 Å². The van der Waals surface area contributed by atoms with Crippen molar-refractivity contribution in [3.63, 3.8) is 0 Å². The zero-order valence-electron chi connectivity index (χ0n) is 13.2. The molecule has 24 heavy (non-hydrogen) atoms. The summed E-state index contributed by atoms with van der Waals surface area (Å²) < 4.78 is 0. The average Bonchev–Trinajstić information content (AvgIpc) is 3.16. The summed E-state index contributed by atoms with van der Waals surface area (Å²) in [5.74, 6) is 0. The first-order chi connectivity index (χ1) is 11.8. The van der Waals surface area contributed by atoms with E-state index in [2.05, 4.69) is 33.8 Å². The van der Waals surface area contributed by atoms with Crippen LogP contribution in [0.1, 0.15) is 22.0 Å². The fraction of sp³-hybridized carbons (Fsp3) is 0.158. The van der Waals surface area contributed by atoms with Gasteiger partial charge in [-0.15, -0.1) is 11.3 Å². The quantitative estimate of drug-likeness (QED) is 0.716. The van der Waals surface area contributed by atoms with Crippen molar-refractivity contribution in [3.05, 3.63) is 88.4 Å². The Labute approximate surface area is 145 Å². The molecule has 5 heteroatoms. The van der Waals surface area contributed by atoms with Crippen LogP contribution in [0.5, 0.6) is 0 Å². The number of nitrogens with one attached hydrogen (secondary N) is 2. The van der Waals surface area contributed by atoms with Crippen LogP contribution in [0.25, 0.3) is 0 Å². The standard InChI is InChI=1S/C19H19N3OS/c23-19(21-14-16-8-4-10-20-13-16)22-17(18-9-5-11-24-18)12-15-6-2-1-3-7-15/h1-11,13,17H,12,14H2,(H2,21,22,23)/t17-/m1/s1. The molecule has 1 aromatic carbocycles. The molecule has 0 fully saturated rings. The topological polar surface area (TPSA) is 54.0 Å². The van der Waals surface area contributed by atoms with Crippen LogP contribution in [0, 0.1) is 0 Å². The van der Waals surface area contributed by atoms with Gasteiger partial charge in [-0.05, 0) is 35.1 Å². The number of pyridine rings is 1. The van der Waals surface area contributed by atoms with Crippen molar-refractivity contribution in [2.75, 3.05) is 0 Å². The molecule has 0 radical (unpaired) electrons. The molecular weight excluding hydrogens is 318 g/mol. The molecule has 2 aromatic heterocycles. The Bertz CT molecular complexity index is 745. The van der Waals surface area contributed by atoms with Gasteiger partial charge in [0.25, 0.3) is 0 Å². The molecule has 0 bridgehead atoms. The lowest BCUT2D eigenvalue weighted by Crippen LogP contribution is -2.38. The third-order valence-electron chi connectivity index (χ3n) is 3.65. The summed E-state index contributed by atoms with van der Waals surface area (Å²) in [7, 11) is 0. The van der Waals surface area contributed by atoms with Crippen LogP contribution in [0.3, 0.4) is 0 Å². The Morgan fingerprint density at radius 2 is 1.88 bits per heavy atom. The van der Waals surface area contributed by atoms with E-state index in [1.165, 1.54) is 5.56 Å². The zero-order chi connectivity index (χ0) is 16.6. The number of hydrogen-bond donors (Lipinski definition) is 2. The van der Waals surface area contributed by atoms with E-state index >= 15 is 0 Å². The predicted octanol–water partition coefficient (Wildman–Crippen LogP) is 3.93. The van der Waals surface area contributed by atoms with E-state index in [0.717, 1.165) is 16.9 Å². The van der Waals surface area contributed by atoms with Crippen LogP contribution in [0.4, 0.5) is 4.79 Å². The lowest BCUT2D eigenvalue weighted by Gasteiger charge is -2.18. The first-order valence-electron chi connectivity index (χ1n) is 7.82. The van der Waals surface area contributed by atoms with Crippen LogP contribution in [0.2, 0.25) is 0 Å². The lowest BCUT2D eigenvalue weighted by molar-refractivity contribution is 0.236. The Morgan fingerprint density at radius 1 is 1.04 bits per heavy atom. The average molecular weight is 337 g/mol. The smallest absolute Gasteiger partial charge is 0.315 e. The van der Waals surface area contributed by atoms with Crippen LogP contribution < -0.4 is 10.6 Å². The largest absolute Gasteiger partial charge is 0.334 e. The maximum absolute atomic E-state index is 12.3. The monoisotopic (exact) mass is 337 g/mol. The maximum atomic E-state index is 12.3. The van der Waals surface area contributed by atoms with Crippen molar-refractivity contribution in [1.29, 1.82) is 0 Å². The van der Waals surface area contributed by atoms with Gasteiger partial charge in [0.15, 0.2) is 0 Å². The number of rotatable bonds is 6. The van der Waals surface area contributed by atoms with Crippen LogP contribution in [-0.4, -0.2) is 11.0 Å². The van der Waals surface area contributed by atoms with Crippen LogP contribution in [0.15, 0.2) is 72.4 Å². The highest BCUT2D eigenvalue weighted by molar-refractivity contribution is 7.10. The van der Waals surface area contributed by atoms with Gasteiger partial charge in [-0.3, -0.25) is 4.98 Å². The van der Waals surface area contributed by atoms with E-state index in [1.54, 1.807) is 23.7 Å². The lowest BCUT2D eigenvalue weighted by atomic mass is 10.0. The molecule has 2 amide bonds. The van der Waals surface area contributed by atoms with Crippen molar-refractivity contribution in [1.82, 2.24) is 15.6 Å². The van der Waals surface area contributed by atoms with Gasteiger partial charge in [0.1, 0.15) is 0 Å². The second-order valence-corrected chi connectivity index (χ2v) is 6.43. The molecule has 4 nitrogen and oxygen atoms in total. The Kier molecular flexibility index (Phi) is 5.58. The van der Waals surface area contributed by atoms with Gasteiger partial charge in [0.2, 0.25) is 0 Å². The molecule has 1 atom stereocenters. The molecule has 2 heterocycles. The highest BCUT2D eigenvalue weighted by Crippen LogP contribution is 2.22. The molecule has 0 aliphatic carbocycles. The van der Waals surface area contributed by atoms with Crippen molar-refractivity contribution in [2.45, 2.75) is 19.0 Å². The summed E-state index contributed by atoms with van der Waals surface area (Å²) in [6, 6.07) is 17.8. The summed E-state index contributed by atoms with van der Waals surface area (Å²) in [5, 5.41) is 8.00. The SMILES string of the molecule is O=C(NCc1cccnc1)N[C@H](Cc1ccccc1)c1cccs1. The van der Waals surface area contributed by atoms with E-state index in [4.69, 9.17) is 0 Å². The van der Waals surface area contributed by atoms with Gasteiger partial charge in [-0.2, -0.15) is 0 Å². The van der Waals surface area contributed by atoms with Gasteiger partial charge in [0, 0.05) is 23.8 Å². The molecule has 0 saturated carbocycles. The summed E-state index contributed by atoms with van der Waals surface area (Å²) in [4.78, 5) is 17.5. The molecule has 0 spiro atoms. The molecule has 3 aromatic rings. The fourth-order valence-corrected chi connectivity index (χ4v) is 3.23. The number of urea groups is 1. The summed E-state index contributed by atoms with van der Waals surface area (Å²) in [6.07, 6.45) is 4.24. The molecule has 2 N–H and O–H groups in total. The molecule has 0 aliphatic heterocycles. The van der Waals surface area contributed by atoms with E-state index in [-0.39, 0.29) is 12.1 Å². The number of nitrogens with zero attached hydrogens (tertiary/aromatic N) is 1. The number of carbonyl (C=O) groups excluding carboxylic acids is 1. The zero-order valence-corrected chi connectivity index (χ0v) is 14.0. The van der Waals surface area contributed by atoms with Gasteiger partial charge in [-0.1, -0.05) is 42.5 Å². The molecule has 0 unspecified atom stereocenters. The summed E-state index contributed by atoms with van der Waals surface area (Å²) in [6.45, 7) is 0.460. The van der Waals surface area contributed by atoms with Gasteiger partial charge in [0.05, 0.1) is 6.04 Å². The van der Waals surface area contributed by atoms with E-state index in [0.29, 0.717) is 6.54 Å². The first-order valence-corrected chi connectivity index (χ1v) is 8.70. The number of benzene rings is 1. The van der Waals surface area contributed by atoms with Crippen LogP contribution >= 0.6 is 11.3 Å². The minimum Gasteiger partial charge on any atom is -0.334 e. The van der Waals surface area contributed by atoms with Crippen molar-refractivity contribution in [2.24, 2.45) is 0 Å². The number of hydrogen-bond acceptors (Lipinski definition) is 3. The number of thiophene rings is 1. The Morgan fingerprint density at radius 3 is 2.58 bits per heavy atom. The molecular formula is C19H19N3OS. The maximum Gasteiger partial charge on any atom is 0.315 e.